The highest BCUT2D eigenvalue weighted by Gasteiger charge is 2.05. The van der Waals surface area contributed by atoms with Crippen LogP contribution in [-0.4, -0.2) is 14.3 Å². The van der Waals surface area contributed by atoms with Crippen molar-refractivity contribution in [3.05, 3.63) is 28.1 Å². The fourth-order valence-electron chi connectivity index (χ4n) is 0.852. The predicted molar refractivity (Wildman–Crippen MR) is 55.8 cm³/mol. The Bertz CT molecular complexity index is 431. The van der Waals surface area contributed by atoms with Crippen LogP contribution in [0.15, 0.2) is 18.5 Å². The van der Waals surface area contributed by atoms with Crippen LogP contribution in [0.2, 0.25) is 0 Å². The standard InChI is InChI=1S/C7H3FIN3S/c8-5-1-4(2-10-3-5)6-11-7(9)12-13-6/h1-3H. The smallest absolute Gasteiger partial charge is 0.203 e. The van der Waals surface area contributed by atoms with Gasteiger partial charge in [0, 0.05) is 34.4 Å². The number of halogens is 2. The Kier molecular flexibility index (Phi) is 2.49. The fraction of sp³-hybridized carbons (Fsp3) is 0. The second-order valence-electron chi connectivity index (χ2n) is 2.26. The van der Waals surface area contributed by atoms with Gasteiger partial charge in [-0.2, -0.15) is 4.37 Å². The third-order valence-corrected chi connectivity index (χ3v) is 2.93. The van der Waals surface area contributed by atoms with Gasteiger partial charge in [-0.3, -0.25) is 4.98 Å². The van der Waals surface area contributed by atoms with Crippen molar-refractivity contribution in [3.8, 4) is 10.6 Å². The van der Waals surface area contributed by atoms with Crippen LogP contribution in [-0.2, 0) is 0 Å². The fourth-order valence-corrected chi connectivity index (χ4v) is 2.10. The molecule has 0 fully saturated rings. The molecule has 2 heterocycles. The van der Waals surface area contributed by atoms with Gasteiger partial charge in [-0.25, -0.2) is 9.37 Å². The van der Waals surface area contributed by atoms with E-state index in [4.69, 9.17) is 0 Å². The third-order valence-electron chi connectivity index (χ3n) is 1.35. The zero-order valence-electron chi connectivity index (χ0n) is 6.24. The maximum absolute atomic E-state index is 12.8. The number of hydrogen-bond acceptors (Lipinski definition) is 4. The summed E-state index contributed by atoms with van der Waals surface area (Å²) in [5.74, 6) is -0.359. The maximum Gasteiger partial charge on any atom is 0.203 e. The van der Waals surface area contributed by atoms with Crippen LogP contribution < -0.4 is 0 Å². The molecule has 2 aromatic heterocycles. The highest BCUT2D eigenvalue weighted by atomic mass is 127. The van der Waals surface area contributed by atoms with E-state index in [1.807, 2.05) is 22.6 Å². The summed E-state index contributed by atoms with van der Waals surface area (Å²) in [6.07, 6.45) is 2.73. The first-order chi connectivity index (χ1) is 6.25. The Morgan fingerprint density at radius 3 is 2.85 bits per heavy atom. The van der Waals surface area contributed by atoms with Crippen LogP contribution in [0.25, 0.3) is 10.6 Å². The molecule has 0 aliphatic heterocycles. The first-order valence-electron chi connectivity index (χ1n) is 3.36. The molecule has 66 valence electrons. The predicted octanol–water partition coefficient (Wildman–Crippen LogP) is 2.34. The molecule has 6 heteroatoms. The minimum absolute atomic E-state index is 0.359. The molecule has 0 amide bonds. The maximum atomic E-state index is 12.8. The van der Waals surface area contributed by atoms with E-state index in [-0.39, 0.29) is 5.82 Å². The molecule has 0 aliphatic rings. The molecule has 2 rings (SSSR count). The molecule has 0 unspecified atom stereocenters. The van der Waals surface area contributed by atoms with Gasteiger partial charge in [-0.15, -0.1) is 0 Å². The zero-order chi connectivity index (χ0) is 9.26. The second-order valence-corrected chi connectivity index (χ2v) is 3.98. The third kappa shape index (κ3) is 1.99. The number of aromatic nitrogens is 3. The van der Waals surface area contributed by atoms with Crippen molar-refractivity contribution >= 4 is 34.1 Å². The highest BCUT2D eigenvalue weighted by Crippen LogP contribution is 2.21. The van der Waals surface area contributed by atoms with Crippen LogP contribution >= 0.6 is 34.1 Å². The van der Waals surface area contributed by atoms with Gasteiger partial charge < -0.3 is 0 Å². The largest absolute Gasteiger partial charge is 0.261 e. The Hall–Kier alpha value is -0.630. The van der Waals surface area contributed by atoms with Crippen LogP contribution in [0, 0.1) is 9.65 Å². The van der Waals surface area contributed by atoms with Crippen molar-refractivity contribution in [2.75, 3.05) is 0 Å². The highest BCUT2D eigenvalue weighted by molar-refractivity contribution is 14.1. The van der Waals surface area contributed by atoms with Gasteiger partial charge in [0.2, 0.25) is 3.83 Å². The van der Waals surface area contributed by atoms with Crippen molar-refractivity contribution in [3.63, 3.8) is 0 Å². The van der Waals surface area contributed by atoms with E-state index in [2.05, 4.69) is 14.3 Å². The van der Waals surface area contributed by atoms with Gasteiger partial charge in [0.05, 0.1) is 6.20 Å². The van der Waals surface area contributed by atoms with Crippen LogP contribution in [0.5, 0.6) is 0 Å². The van der Waals surface area contributed by atoms with Crippen LogP contribution in [0.4, 0.5) is 4.39 Å². The van der Waals surface area contributed by atoms with Crippen LogP contribution in [0.1, 0.15) is 0 Å². The Morgan fingerprint density at radius 1 is 1.38 bits per heavy atom. The first kappa shape index (κ1) is 8.95. The molecule has 0 atom stereocenters. The van der Waals surface area contributed by atoms with E-state index >= 15 is 0 Å². The monoisotopic (exact) mass is 307 g/mol. The first-order valence-corrected chi connectivity index (χ1v) is 5.21. The summed E-state index contributed by atoms with van der Waals surface area (Å²) < 4.78 is 17.4. The molecule has 0 radical (unpaired) electrons. The molecular weight excluding hydrogens is 304 g/mol. The van der Waals surface area contributed by atoms with Gasteiger partial charge in [0.25, 0.3) is 0 Å². The van der Waals surface area contributed by atoms with Crippen molar-refractivity contribution < 1.29 is 4.39 Å². The SMILES string of the molecule is Fc1cncc(-c2nc(I)ns2)c1. The Morgan fingerprint density at radius 2 is 2.23 bits per heavy atom. The summed E-state index contributed by atoms with van der Waals surface area (Å²) in [5.41, 5.74) is 0.667. The summed E-state index contributed by atoms with van der Waals surface area (Å²) in [6, 6.07) is 1.39. The normalized spacial score (nSPS) is 10.3. The van der Waals surface area contributed by atoms with E-state index in [1.165, 1.54) is 17.6 Å². The van der Waals surface area contributed by atoms with E-state index in [1.54, 1.807) is 6.20 Å². The molecule has 0 aliphatic carbocycles. The lowest BCUT2D eigenvalue weighted by Gasteiger charge is -1.92. The molecule has 3 nitrogen and oxygen atoms in total. The summed E-state index contributed by atoms with van der Waals surface area (Å²) in [4.78, 5) is 7.84. The lowest BCUT2D eigenvalue weighted by molar-refractivity contribution is 0.622. The van der Waals surface area contributed by atoms with E-state index in [0.29, 0.717) is 14.4 Å². The average molecular weight is 307 g/mol. The quantitative estimate of drug-likeness (QED) is 0.759. The Labute approximate surface area is 91.4 Å². The van der Waals surface area contributed by atoms with Crippen molar-refractivity contribution in [2.24, 2.45) is 0 Å². The molecule has 0 saturated heterocycles. The minimum Gasteiger partial charge on any atom is -0.261 e. The zero-order valence-corrected chi connectivity index (χ0v) is 9.21. The van der Waals surface area contributed by atoms with Crippen molar-refractivity contribution in [1.29, 1.82) is 0 Å². The van der Waals surface area contributed by atoms with Crippen molar-refractivity contribution in [2.45, 2.75) is 0 Å². The molecule has 13 heavy (non-hydrogen) atoms. The summed E-state index contributed by atoms with van der Waals surface area (Å²) in [7, 11) is 0. The molecule has 0 saturated carbocycles. The molecule has 0 N–H and O–H groups in total. The van der Waals surface area contributed by atoms with E-state index < -0.39 is 0 Å². The van der Waals surface area contributed by atoms with E-state index in [0.717, 1.165) is 6.20 Å². The molecular formula is C7H3FIN3S. The van der Waals surface area contributed by atoms with Crippen molar-refractivity contribution in [1.82, 2.24) is 14.3 Å². The number of pyridine rings is 1. The molecule has 0 bridgehead atoms. The summed E-state index contributed by atoms with van der Waals surface area (Å²) in [5, 5.41) is 0.691. The summed E-state index contributed by atoms with van der Waals surface area (Å²) in [6.45, 7) is 0. The average Bonchev–Trinajstić information content (AvgIpc) is 2.52. The summed E-state index contributed by atoms with van der Waals surface area (Å²) >= 11 is 3.25. The second kappa shape index (κ2) is 3.62. The van der Waals surface area contributed by atoms with Gasteiger partial charge in [-0.1, -0.05) is 0 Å². The lowest BCUT2D eigenvalue weighted by Crippen LogP contribution is -1.82. The minimum atomic E-state index is -0.359. The molecule has 0 spiro atoms. The van der Waals surface area contributed by atoms with Gasteiger partial charge in [-0.05, 0) is 17.6 Å². The van der Waals surface area contributed by atoms with Gasteiger partial charge in [0.15, 0.2) is 0 Å². The number of hydrogen-bond donors (Lipinski definition) is 0. The van der Waals surface area contributed by atoms with E-state index in [9.17, 15) is 4.39 Å². The topological polar surface area (TPSA) is 38.7 Å². The number of nitrogens with zero attached hydrogens (tertiary/aromatic N) is 3. The molecule has 0 aromatic carbocycles. The lowest BCUT2D eigenvalue weighted by atomic mass is 10.3. The van der Waals surface area contributed by atoms with Gasteiger partial charge in [0.1, 0.15) is 10.8 Å². The van der Waals surface area contributed by atoms with Crippen LogP contribution in [0.3, 0.4) is 0 Å². The molecule has 2 aromatic rings. The van der Waals surface area contributed by atoms with Gasteiger partial charge >= 0.3 is 0 Å². The number of rotatable bonds is 1. The Balaban J connectivity index is 2.46.